The fraction of sp³-hybridized carbons (Fsp3) is 0.667. The number of hydrogen-bond donors (Lipinski definition) is 1. The van der Waals surface area contributed by atoms with Gasteiger partial charge >= 0.3 is 0 Å². The molecule has 20 heavy (non-hydrogen) atoms. The molecule has 0 unspecified atom stereocenters. The molecule has 108 valence electrons. The summed E-state index contributed by atoms with van der Waals surface area (Å²) < 4.78 is 1.26. The van der Waals surface area contributed by atoms with Crippen LogP contribution in [0, 0.1) is 37.5 Å². The number of benzene rings is 1. The summed E-state index contributed by atoms with van der Waals surface area (Å²) in [6.45, 7) is 4.39. The highest BCUT2D eigenvalue weighted by atomic mass is 79.9. The van der Waals surface area contributed by atoms with Gasteiger partial charge in [0.1, 0.15) is 0 Å². The van der Waals surface area contributed by atoms with Gasteiger partial charge < -0.3 is 5.32 Å². The minimum absolute atomic E-state index is 0.739. The van der Waals surface area contributed by atoms with Gasteiger partial charge in [-0.2, -0.15) is 0 Å². The SMILES string of the molecule is Cc1cc(NC2C3CC4CC(C3)CC2C4)cc(C)c1Br. The molecule has 1 aromatic rings. The van der Waals surface area contributed by atoms with Crippen LogP contribution in [0.3, 0.4) is 0 Å². The van der Waals surface area contributed by atoms with Crippen LogP contribution in [0.1, 0.15) is 43.2 Å². The number of nitrogens with one attached hydrogen (secondary N) is 1. The first kappa shape index (κ1) is 13.2. The number of aryl methyl sites for hydroxylation is 2. The van der Waals surface area contributed by atoms with E-state index in [9.17, 15) is 0 Å². The Kier molecular flexibility index (Phi) is 3.14. The molecule has 0 radical (unpaired) electrons. The Hall–Kier alpha value is -0.500. The van der Waals surface area contributed by atoms with E-state index < -0.39 is 0 Å². The van der Waals surface area contributed by atoms with E-state index in [0.717, 1.165) is 29.7 Å². The van der Waals surface area contributed by atoms with Gasteiger partial charge in [0.05, 0.1) is 0 Å². The van der Waals surface area contributed by atoms with Crippen LogP contribution >= 0.6 is 15.9 Å². The highest BCUT2D eigenvalue weighted by Gasteiger charge is 2.48. The molecular weight excluding hydrogens is 310 g/mol. The van der Waals surface area contributed by atoms with Crippen LogP contribution in [0.15, 0.2) is 16.6 Å². The zero-order valence-electron chi connectivity index (χ0n) is 12.5. The Morgan fingerprint density at radius 3 is 1.90 bits per heavy atom. The quantitative estimate of drug-likeness (QED) is 0.773. The monoisotopic (exact) mass is 333 g/mol. The van der Waals surface area contributed by atoms with Crippen LogP contribution in [-0.4, -0.2) is 6.04 Å². The van der Waals surface area contributed by atoms with Crippen LogP contribution < -0.4 is 5.32 Å². The minimum Gasteiger partial charge on any atom is -0.382 e. The number of halogens is 1. The lowest BCUT2D eigenvalue weighted by Crippen LogP contribution is -2.51. The second-order valence-corrected chi connectivity index (χ2v) is 8.32. The zero-order valence-corrected chi connectivity index (χ0v) is 14.0. The molecule has 2 heteroatoms. The third kappa shape index (κ3) is 2.11. The van der Waals surface area contributed by atoms with E-state index in [2.05, 4.69) is 47.2 Å². The van der Waals surface area contributed by atoms with Gasteiger partial charge in [-0.05, 0) is 92.9 Å². The maximum Gasteiger partial charge on any atom is 0.0348 e. The van der Waals surface area contributed by atoms with Gasteiger partial charge in [0, 0.05) is 16.2 Å². The third-order valence-electron chi connectivity index (χ3n) is 6.00. The Labute approximate surface area is 130 Å². The first-order valence-corrected chi connectivity index (χ1v) is 8.92. The molecule has 0 saturated heterocycles. The van der Waals surface area contributed by atoms with Crippen molar-refractivity contribution in [1.29, 1.82) is 0 Å². The van der Waals surface area contributed by atoms with Crippen molar-refractivity contribution in [2.24, 2.45) is 23.7 Å². The summed E-state index contributed by atoms with van der Waals surface area (Å²) in [4.78, 5) is 0. The second-order valence-electron chi connectivity index (χ2n) is 7.52. The lowest BCUT2D eigenvalue weighted by Gasteiger charge is -2.54. The molecule has 5 rings (SSSR count). The maximum atomic E-state index is 3.91. The predicted molar refractivity (Wildman–Crippen MR) is 88.1 cm³/mol. The van der Waals surface area contributed by atoms with E-state index >= 15 is 0 Å². The summed E-state index contributed by atoms with van der Waals surface area (Å²) >= 11 is 3.67. The van der Waals surface area contributed by atoms with E-state index in [-0.39, 0.29) is 0 Å². The molecule has 1 N–H and O–H groups in total. The van der Waals surface area contributed by atoms with Crippen LogP contribution in [-0.2, 0) is 0 Å². The first-order valence-electron chi connectivity index (χ1n) is 8.13. The Bertz CT molecular complexity index is 485. The largest absolute Gasteiger partial charge is 0.382 e. The van der Waals surface area contributed by atoms with Crippen molar-refractivity contribution in [3.8, 4) is 0 Å². The van der Waals surface area contributed by atoms with Gasteiger partial charge in [-0.3, -0.25) is 0 Å². The highest BCUT2D eigenvalue weighted by Crippen LogP contribution is 2.54. The van der Waals surface area contributed by atoms with Gasteiger partial charge in [-0.1, -0.05) is 15.9 Å². The lowest BCUT2D eigenvalue weighted by molar-refractivity contribution is 0.00754. The number of rotatable bonds is 2. The Balaban J connectivity index is 1.57. The smallest absolute Gasteiger partial charge is 0.0348 e. The van der Waals surface area contributed by atoms with Gasteiger partial charge in [0.2, 0.25) is 0 Å². The molecule has 4 bridgehead atoms. The summed E-state index contributed by atoms with van der Waals surface area (Å²) in [5.74, 6) is 4.00. The van der Waals surface area contributed by atoms with Crippen LogP contribution in [0.25, 0.3) is 0 Å². The fourth-order valence-electron chi connectivity index (χ4n) is 5.38. The average Bonchev–Trinajstić information content (AvgIpc) is 2.39. The standard InChI is InChI=1S/C18H24BrN/c1-10-3-16(4-11(2)17(10)19)20-18-14-6-12-5-13(8-14)9-15(18)7-12/h3-4,12-15,18,20H,5-9H2,1-2H3. The summed E-state index contributed by atoms with van der Waals surface area (Å²) in [5, 5.41) is 3.91. The minimum atomic E-state index is 0.739. The molecule has 4 fully saturated rings. The van der Waals surface area contributed by atoms with Crippen molar-refractivity contribution in [3.63, 3.8) is 0 Å². The highest BCUT2D eigenvalue weighted by molar-refractivity contribution is 9.10. The van der Waals surface area contributed by atoms with E-state index in [1.165, 1.54) is 53.4 Å². The first-order chi connectivity index (χ1) is 9.60. The van der Waals surface area contributed by atoms with Gasteiger partial charge in [0.25, 0.3) is 0 Å². The summed E-state index contributed by atoms with van der Waals surface area (Å²) in [7, 11) is 0. The molecule has 0 aliphatic heterocycles. The molecule has 0 amide bonds. The van der Waals surface area contributed by atoms with Gasteiger partial charge in [-0.15, -0.1) is 0 Å². The van der Waals surface area contributed by atoms with Crippen LogP contribution in [0.4, 0.5) is 5.69 Å². The van der Waals surface area contributed by atoms with Crippen molar-refractivity contribution in [2.75, 3.05) is 5.32 Å². The Morgan fingerprint density at radius 1 is 0.900 bits per heavy atom. The molecule has 1 nitrogen and oxygen atoms in total. The average molecular weight is 334 g/mol. The van der Waals surface area contributed by atoms with E-state index in [0.29, 0.717) is 0 Å². The fourth-order valence-corrected chi connectivity index (χ4v) is 5.61. The van der Waals surface area contributed by atoms with E-state index in [1.807, 2.05) is 0 Å². The van der Waals surface area contributed by atoms with Crippen molar-refractivity contribution in [1.82, 2.24) is 0 Å². The molecule has 4 aliphatic rings. The van der Waals surface area contributed by atoms with E-state index in [1.54, 1.807) is 0 Å². The molecule has 0 heterocycles. The molecule has 4 aliphatic carbocycles. The molecule has 1 aromatic carbocycles. The Morgan fingerprint density at radius 2 is 1.40 bits per heavy atom. The molecular formula is C18H24BrN. The molecule has 0 spiro atoms. The van der Waals surface area contributed by atoms with Crippen molar-refractivity contribution < 1.29 is 0 Å². The second kappa shape index (κ2) is 4.76. The van der Waals surface area contributed by atoms with Crippen molar-refractivity contribution >= 4 is 21.6 Å². The molecule has 0 aromatic heterocycles. The van der Waals surface area contributed by atoms with Gasteiger partial charge in [0.15, 0.2) is 0 Å². The van der Waals surface area contributed by atoms with Crippen molar-refractivity contribution in [3.05, 3.63) is 27.7 Å². The van der Waals surface area contributed by atoms with Gasteiger partial charge in [-0.25, -0.2) is 0 Å². The zero-order chi connectivity index (χ0) is 13.9. The predicted octanol–water partition coefficient (Wildman–Crippen LogP) is 5.30. The third-order valence-corrected chi connectivity index (χ3v) is 7.25. The number of anilines is 1. The maximum absolute atomic E-state index is 3.91. The molecule has 4 saturated carbocycles. The van der Waals surface area contributed by atoms with Crippen molar-refractivity contribution in [2.45, 2.75) is 52.0 Å². The lowest BCUT2D eigenvalue weighted by atomic mass is 9.54. The summed E-state index contributed by atoms with van der Waals surface area (Å²) in [6.07, 6.45) is 7.48. The summed E-state index contributed by atoms with van der Waals surface area (Å²) in [5.41, 5.74) is 4.02. The summed E-state index contributed by atoms with van der Waals surface area (Å²) in [6, 6.07) is 5.35. The van der Waals surface area contributed by atoms with Crippen LogP contribution in [0.2, 0.25) is 0 Å². The topological polar surface area (TPSA) is 12.0 Å². The number of hydrogen-bond acceptors (Lipinski definition) is 1. The normalized spacial score (nSPS) is 38.2. The van der Waals surface area contributed by atoms with Crippen LogP contribution in [0.5, 0.6) is 0 Å². The van der Waals surface area contributed by atoms with E-state index in [4.69, 9.17) is 0 Å². The molecule has 0 atom stereocenters.